The Bertz CT molecular complexity index is 812. The largest absolute Gasteiger partial charge is 0.337 e. The Labute approximate surface area is 181 Å². The van der Waals surface area contributed by atoms with E-state index in [1.54, 1.807) is 11.9 Å². The smallest absolute Gasteiger partial charge is 0.253 e. The van der Waals surface area contributed by atoms with Gasteiger partial charge in [-0.05, 0) is 68.4 Å². The van der Waals surface area contributed by atoms with Crippen LogP contribution in [0.25, 0.3) is 0 Å². The van der Waals surface area contributed by atoms with Gasteiger partial charge < -0.3 is 9.69 Å². The summed E-state index contributed by atoms with van der Waals surface area (Å²) in [6, 6.07) is 7.62. The van der Waals surface area contributed by atoms with Gasteiger partial charge in [0.05, 0.1) is 0 Å². The second-order valence-corrected chi connectivity index (χ2v) is 8.69. The number of hydrogen-bond acceptors (Lipinski definition) is 3. The number of rotatable bonds is 10. The lowest BCUT2D eigenvalue weighted by Crippen LogP contribution is -2.28. The van der Waals surface area contributed by atoms with Crippen LogP contribution in [0.3, 0.4) is 0 Å². The van der Waals surface area contributed by atoms with Gasteiger partial charge in [0, 0.05) is 42.4 Å². The summed E-state index contributed by atoms with van der Waals surface area (Å²) in [6.45, 7) is 12.7. The van der Waals surface area contributed by atoms with Crippen molar-refractivity contribution in [2.45, 2.75) is 59.3 Å². The third-order valence-corrected chi connectivity index (χ3v) is 5.99. The molecular formula is C26H36N2O2. The van der Waals surface area contributed by atoms with Gasteiger partial charge in [-0.1, -0.05) is 39.0 Å². The van der Waals surface area contributed by atoms with Crippen molar-refractivity contribution < 1.29 is 9.59 Å². The van der Waals surface area contributed by atoms with Crippen LogP contribution in [0.2, 0.25) is 0 Å². The SMILES string of the molecule is C=C(/C=C(\N=C(C)C)C1CCC1)CN(C)C(=O)c1ccc(C(C)C(C=O)CC)cc1. The fourth-order valence-electron chi connectivity index (χ4n) is 3.80. The molecule has 0 aromatic heterocycles. The van der Waals surface area contributed by atoms with E-state index < -0.39 is 0 Å². The lowest BCUT2D eigenvalue weighted by molar-refractivity contribution is -0.111. The third kappa shape index (κ3) is 6.25. The van der Waals surface area contributed by atoms with E-state index in [4.69, 9.17) is 4.99 Å². The Morgan fingerprint density at radius 3 is 2.37 bits per heavy atom. The average Bonchev–Trinajstić information content (AvgIpc) is 2.66. The van der Waals surface area contributed by atoms with Crippen LogP contribution < -0.4 is 0 Å². The fraction of sp³-hybridized carbons (Fsp3) is 0.500. The van der Waals surface area contributed by atoms with E-state index in [0.29, 0.717) is 18.0 Å². The van der Waals surface area contributed by atoms with Crippen LogP contribution in [0.5, 0.6) is 0 Å². The second-order valence-electron chi connectivity index (χ2n) is 8.69. The first kappa shape index (κ1) is 23.8. The van der Waals surface area contributed by atoms with Crippen LogP contribution in [0.4, 0.5) is 0 Å². The highest BCUT2D eigenvalue weighted by molar-refractivity contribution is 5.94. The van der Waals surface area contributed by atoms with E-state index in [9.17, 15) is 9.59 Å². The molecule has 2 rings (SSSR count). The first-order valence-electron chi connectivity index (χ1n) is 11.0. The van der Waals surface area contributed by atoms with Crippen molar-refractivity contribution in [3.63, 3.8) is 0 Å². The number of aldehydes is 1. The molecule has 4 nitrogen and oxygen atoms in total. The average molecular weight is 409 g/mol. The molecule has 0 radical (unpaired) electrons. The summed E-state index contributed by atoms with van der Waals surface area (Å²) in [5, 5.41) is 0. The van der Waals surface area contributed by atoms with Gasteiger partial charge in [0.2, 0.25) is 0 Å². The van der Waals surface area contributed by atoms with Crippen molar-refractivity contribution in [3.8, 4) is 0 Å². The zero-order valence-corrected chi connectivity index (χ0v) is 19.1. The zero-order valence-electron chi connectivity index (χ0n) is 19.1. The van der Waals surface area contributed by atoms with Crippen LogP contribution in [0.1, 0.15) is 75.2 Å². The molecule has 2 atom stereocenters. The standard InChI is InChI=1S/C26H36N2O2/c1-7-21(17-29)20(5)22-11-13-24(14-12-22)26(30)28(6)16-19(4)15-25(27-18(2)3)23-9-8-10-23/h11-15,17,20-21,23H,4,7-10,16H2,1-3,5-6H3/b25-15-. The summed E-state index contributed by atoms with van der Waals surface area (Å²) < 4.78 is 0. The predicted octanol–water partition coefficient (Wildman–Crippen LogP) is 5.81. The molecule has 1 aromatic rings. The summed E-state index contributed by atoms with van der Waals surface area (Å²) in [6.07, 6.45) is 7.50. The van der Waals surface area contributed by atoms with E-state index in [0.717, 1.165) is 35.3 Å². The highest BCUT2D eigenvalue weighted by atomic mass is 16.2. The lowest BCUT2D eigenvalue weighted by atomic mass is 9.82. The maximum atomic E-state index is 12.9. The van der Waals surface area contributed by atoms with Crippen molar-refractivity contribution in [1.82, 2.24) is 4.90 Å². The molecule has 1 aliphatic carbocycles. The normalized spacial score (nSPS) is 16.2. The molecule has 0 spiro atoms. The fourth-order valence-corrected chi connectivity index (χ4v) is 3.80. The van der Waals surface area contributed by atoms with Gasteiger partial charge in [-0.15, -0.1) is 0 Å². The maximum absolute atomic E-state index is 12.9. The molecule has 0 bridgehead atoms. The minimum Gasteiger partial charge on any atom is -0.337 e. The zero-order chi connectivity index (χ0) is 22.3. The van der Waals surface area contributed by atoms with Crippen molar-refractivity contribution in [3.05, 3.63) is 59.3 Å². The van der Waals surface area contributed by atoms with Gasteiger partial charge in [0.1, 0.15) is 6.29 Å². The molecule has 30 heavy (non-hydrogen) atoms. The molecule has 1 saturated carbocycles. The number of aliphatic imine (C=N–C) groups is 1. The van der Waals surface area contributed by atoms with Crippen LogP contribution in [-0.2, 0) is 4.79 Å². The number of carbonyl (C=O) groups is 2. The van der Waals surface area contributed by atoms with Crippen LogP contribution in [0.15, 0.2) is 53.2 Å². The minimum atomic E-state index is -0.0356. The molecule has 1 aliphatic rings. The summed E-state index contributed by atoms with van der Waals surface area (Å²) >= 11 is 0. The van der Waals surface area contributed by atoms with Crippen molar-refractivity contribution in [1.29, 1.82) is 0 Å². The minimum absolute atomic E-state index is 0.00335. The Hall–Kier alpha value is -2.49. The summed E-state index contributed by atoms with van der Waals surface area (Å²) in [5.74, 6) is 0.632. The van der Waals surface area contributed by atoms with Gasteiger partial charge in [-0.25, -0.2) is 0 Å². The second kappa shape index (κ2) is 11.1. The Morgan fingerprint density at radius 1 is 1.27 bits per heavy atom. The first-order valence-corrected chi connectivity index (χ1v) is 11.0. The molecule has 1 aromatic carbocycles. The van der Waals surface area contributed by atoms with E-state index in [1.165, 1.54) is 19.3 Å². The molecule has 0 saturated heterocycles. The quantitative estimate of drug-likeness (QED) is 0.279. The summed E-state index contributed by atoms with van der Waals surface area (Å²) in [4.78, 5) is 30.5. The molecule has 2 unspecified atom stereocenters. The monoisotopic (exact) mass is 408 g/mol. The number of likely N-dealkylation sites (N-methyl/N-ethyl adjacent to an activating group) is 1. The van der Waals surface area contributed by atoms with Crippen molar-refractivity contribution in [2.24, 2.45) is 16.8 Å². The number of carbonyl (C=O) groups excluding carboxylic acids is 2. The van der Waals surface area contributed by atoms with Crippen LogP contribution in [-0.4, -0.2) is 36.4 Å². The molecule has 4 heteroatoms. The van der Waals surface area contributed by atoms with Crippen LogP contribution >= 0.6 is 0 Å². The van der Waals surface area contributed by atoms with Gasteiger partial charge in [0.25, 0.3) is 5.91 Å². The molecule has 0 heterocycles. The first-order chi connectivity index (χ1) is 14.3. The van der Waals surface area contributed by atoms with Crippen molar-refractivity contribution in [2.75, 3.05) is 13.6 Å². The molecular weight excluding hydrogens is 372 g/mol. The number of amides is 1. The van der Waals surface area contributed by atoms with Gasteiger partial charge in [-0.3, -0.25) is 9.79 Å². The molecule has 1 amide bonds. The van der Waals surface area contributed by atoms with Crippen molar-refractivity contribution >= 4 is 17.9 Å². The highest BCUT2D eigenvalue weighted by Gasteiger charge is 2.22. The summed E-state index contributed by atoms with van der Waals surface area (Å²) in [7, 11) is 1.80. The number of benzene rings is 1. The predicted molar refractivity (Wildman–Crippen MR) is 125 cm³/mol. The van der Waals surface area contributed by atoms with E-state index in [2.05, 4.69) is 19.6 Å². The number of hydrogen-bond donors (Lipinski definition) is 0. The lowest BCUT2D eigenvalue weighted by Gasteiger charge is -2.27. The maximum Gasteiger partial charge on any atom is 0.253 e. The third-order valence-electron chi connectivity index (χ3n) is 5.99. The van der Waals surface area contributed by atoms with Gasteiger partial charge in [0.15, 0.2) is 0 Å². The Kier molecular flexibility index (Phi) is 8.76. The van der Waals surface area contributed by atoms with Crippen LogP contribution in [0, 0.1) is 11.8 Å². The molecule has 0 N–H and O–H groups in total. The molecule has 162 valence electrons. The highest BCUT2D eigenvalue weighted by Crippen LogP contribution is 2.34. The van der Waals surface area contributed by atoms with Gasteiger partial charge in [-0.2, -0.15) is 0 Å². The van der Waals surface area contributed by atoms with E-state index in [-0.39, 0.29) is 17.7 Å². The topological polar surface area (TPSA) is 49.7 Å². The van der Waals surface area contributed by atoms with E-state index in [1.807, 2.05) is 45.0 Å². The number of allylic oxidation sites excluding steroid dienone is 1. The Morgan fingerprint density at radius 2 is 1.90 bits per heavy atom. The molecule has 0 aliphatic heterocycles. The summed E-state index contributed by atoms with van der Waals surface area (Å²) in [5.41, 5.74) is 4.75. The van der Waals surface area contributed by atoms with Gasteiger partial charge >= 0.3 is 0 Å². The molecule has 1 fully saturated rings. The Balaban J connectivity index is 2.04. The van der Waals surface area contributed by atoms with E-state index >= 15 is 0 Å². The number of nitrogens with zero attached hydrogens (tertiary/aromatic N) is 2.